The predicted octanol–water partition coefficient (Wildman–Crippen LogP) is 2.84. The lowest BCUT2D eigenvalue weighted by molar-refractivity contribution is -0.162. The predicted molar refractivity (Wildman–Crippen MR) is 93.9 cm³/mol. The van der Waals surface area contributed by atoms with Crippen LogP contribution in [0.25, 0.3) is 0 Å². The SMILES string of the molecule is COCC1(C(=O)O)CCCN(C(=O)C(C)(C)Oc2cccc(Cl)c2)C1. The van der Waals surface area contributed by atoms with Crippen LogP contribution < -0.4 is 4.74 Å². The Morgan fingerprint density at radius 1 is 1.40 bits per heavy atom. The Morgan fingerprint density at radius 3 is 2.72 bits per heavy atom. The zero-order chi connectivity index (χ0) is 18.7. The van der Waals surface area contributed by atoms with Gasteiger partial charge in [-0.25, -0.2) is 0 Å². The molecule has 0 bridgehead atoms. The summed E-state index contributed by atoms with van der Waals surface area (Å²) in [5, 5.41) is 10.1. The standard InChI is InChI=1S/C18H24ClNO5/c1-17(2,25-14-7-4-6-13(19)10-14)15(21)20-9-5-8-18(11-20,12-24-3)16(22)23/h4,6-7,10H,5,8-9,11-12H2,1-3H3,(H,22,23). The van der Waals surface area contributed by atoms with Crippen molar-refractivity contribution in [1.82, 2.24) is 4.90 Å². The molecule has 138 valence electrons. The first-order chi connectivity index (χ1) is 11.7. The topological polar surface area (TPSA) is 76.1 Å². The van der Waals surface area contributed by atoms with Gasteiger partial charge in [0.05, 0.1) is 6.61 Å². The number of likely N-dealkylation sites (tertiary alicyclic amines) is 1. The number of nitrogens with zero attached hydrogens (tertiary/aromatic N) is 1. The van der Waals surface area contributed by atoms with E-state index in [9.17, 15) is 14.7 Å². The van der Waals surface area contributed by atoms with Gasteiger partial charge in [0.1, 0.15) is 11.2 Å². The van der Waals surface area contributed by atoms with Crippen LogP contribution in [0.15, 0.2) is 24.3 Å². The van der Waals surface area contributed by atoms with E-state index in [4.69, 9.17) is 21.1 Å². The van der Waals surface area contributed by atoms with Gasteiger partial charge in [0.2, 0.25) is 0 Å². The summed E-state index contributed by atoms with van der Waals surface area (Å²) >= 11 is 5.95. The summed E-state index contributed by atoms with van der Waals surface area (Å²) in [6.45, 7) is 4.02. The third-order valence-electron chi connectivity index (χ3n) is 4.42. The molecule has 0 spiro atoms. The molecule has 0 saturated carbocycles. The highest BCUT2D eigenvalue weighted by molar-refractivity contribution is 6.30. The second-order valence-corrected chi connectivity index (χ2v) is 7.35. The van der Waals surface area contributed by atoms with Crippen LogP contribution in [0.4, 0.5) is 0 Å². The lowest BCUT2D eigenvalue weighted by Gasteiger charge is -2.42. The minimum absolute atomic E-state index is 0.0711. The third kappa shape index (κ3) is 4.44. The van der Waals surface area contributed by atoms with Crippen molar-refractivity contribution in [1.29, 1.82) is 0 Å². The molecule has 1 unspecified atom stereocenters. The van der Waals surface area contributed by atoms with E-state index in [2.05, 4.69) is 0 Å². The van der Waals surface area contributed by atoms with Crippen molar-refractivity contribution < 1.29 is 24.2 Å². The lowest BCUT2D eigenvalue weighted by atomic mass is 9.80. The van der Waals surface area contributed by atoms with Gasteiger partial charge in [-0.05, 0) is 44.9 Å². The molecule has 1 aliphatic heterocycles. The Morgan fingerprint density at radius 2 is 2.12 bits per heavy atom. The summed E-state index contributed by atoms with van der Waals surface area (Å²) in [6, 6.07) is 6.83. The number of carbonyl (C=O) groups is 2. The number of hydrogen-bond acceptors (Lipinski definition) is 4. The van der Waals surface area contributed by atoms with Gasteiger partial charge >= 0.3 is 5.97 Å². The first-order valence-corrected chi connectivity index (χ1v) is 8.54. The van der Waals surface area contributed by atoms with Gasteiger partial charge in [-0.15, -0.1) is 0 Å². The molecule has 1 heterocycles. The Labute approximate surface area is 152 Å². The molecular formula is C18H24ClNO5. The zero-order valence-electron chi connectivity index (χ0n) is 14.8. The number of carbonyl (C=O) groups excluding carboxylic acids is 1. The number of halogens is 1. The average molecular weight is 370 g/mol. The molecule has 1 saturated heterocycles. The van der Waals surface area contributed by atoms with Gasteiger partial charge in [-0.3, -0.25) is 9.59 Å². The van der Waals surface area contributed by atoms with E-state index in [1.54, 1.807) is 43.0 Å². The number of methoxy groups -OCH3 is 1. The van der Waals surface area contributed by atoms with Crippen LogP contribution in [0.1, 0.15) is 26.7 Å². The van der Waals surface area contributed by atoms with Crippen molar-refractivity contribution in [3.8, 4) is 5.75 Å². The van der Waals surface area contributed by atoms with Crippen LogP contribution in [-0.2, 0) is 14.3 Å². The molecule has 7 heteroatoms. The number of rotatable bonds is 6. The van der Waals surface area contributed by atoms with E-state index < -0.39 is 17.0 Å². The van der Waals surface area contributed by atoms with E-state index in [0.29, 0.717) is 30.2 Å². The van der Waals surface area contributed by atoms with Gasteiger partial charge in [0, 0.05) is 25.2 Å². The highest BCUT2D eigenvalue weighted by atomic mass is 35.5. The fourth-order valence-electron chi connectivity index (χ4n) is 3.19. The first kappa shape index (κ1) is 19.5. The average Bonchev–Trinajstić information content (AvgIpc) is 2.54. The maximum absolute atomic E-state index is 13.0. The fourth-order valence-corrected chi connectivity index (χ4v) is 3.37. The summed E-state index contributed by atoms with van der Waals surface area (Å²) in [5.41, 5.74) is -2.21. The molecule has 0 aromatic heterocycles. The molecule has 1 aliphatic rings. The maximum atomic E-state index is 13.0. The number of benzene rings is 1. The van der Waals surface area contributed by atoms with Gasteiger partial charge in [-0.1, -0.05) is 17.7 Å². The van der Waals surface area contributed by atoms with Crippen LogP contribution >= 0.6 is 11.6 Å². The maximum Gasteiger partial charge on any atom is 0.313 e. The molecule has 0 radical (unpaired) electrons. The molecule has 1 aromatic rings. The van der Waals surface area contributed by atoms with Crippen LogP contribution in [0.2, 0.25) is 5.02 Å². The van der Waals surface area contributed by atoms with Crippen molar-refractivity contribution in [2.24, 2.45) is 5.41 Å². The second-order valence-electron chi connectivity index (χ2n) is 6.92. The van der Waals surface area contributed by atoms with Crippen molar-refractivity contribution >= 4 is 23.5 Å². The Hall–Kier alpha value is -1.79. The Kier molecular flexibility index (Phi) is 5.95. The number of hydrogen-bond donors (Lipinski definition) is 1. The Balaban J connectivity index is 2.16. The van der Waals surface area contributed by atoms with E-state index in [-0.39, 0.29) is 19.1 Å². The molecule has 1 aromatic carbocycles. The summed E-state index contributed by atoms with van der Waals surface area (Å²) in [6.07, 6.45) is 1.09. The van der Waals surface area contributed by atoms with Crippen LogP contribution in [0, 0.1) is 5.41 Å². The first-order valence-electron chi connectivity index (χ1n) is 8.16. The second kappa shape index (κ2) is 7.62. The van der Waals surface area contributed by atoms with Gasteiger partial charge in [-0.2, -0.15) is 0 Å². The fraction of sp³-hybridized carbons (Fsp3) is 0.556. The smallest absolute Gasteiger partial charge is 0.313 e. The molecule has 1 atom stereocenters. The van der Waals surface area contributed by atoms with Crippen molar-refractivity contribution in [2.75, 3.05) is 26.8 Å². The number of carboxylic acid groups (broad SMARTS) is 1. The summed E-state index contributed by atoms with van der Waals surface area (Å²) in [4.78, 5) is 26.3. The number of aliphatic carboxylic acids is 1. The summed E-state index contributed by atoms with van der Waals surface area (Å²) in [5.74, 6) is -0.710. The molecule has 1 amide bonds. The van der Waals surface area contributed by atoms with Gasteiger partial charge in [0.25, 0.3) is 5.91 Å². The molecule has 6 nitrogen and oxygen atoms in total. The Bertz CT molecular complexity index is 644. The monoisotopic (exact) mass is 369 g/mol. The molecule has 2 rings (SSSR count). The van der Waals surface area contributed by atoms with Crippen LogP contribution in [-0.4, -0.2) is 54.3 Å². The van der Waals surface area contributed by atoms with Crippen LogP contribution in [0.5, 0.6) is 5.75 Å². The van der Waals surface area contributed by atoms with E-state index >= 15 is 0 Å². The normalized spacial score (nSPS) is 21.0. The van der Waals surface area contributed by atoms with Gasteiger partial charge in [0.15, 0.2) is 5.60 Å². The minimum atomic E-state index is -1.14. The van der Waals surface area contributed by atoms with Crippen molar-refractivity contribution in [3.05, 3.63) is 29.3 Å². The van der Waals surface area contributed by atoms with Gasteiger partial charge < -0.3 is 19.5 Å². The highest BCUT2D eigenvalue weighted by Crippen LogP contribution is 2.33. The van der Waals surface area contributed by atoms with E-state index in [1.165, 1.54) is 7.11 Å². The third-order valence-corrected chi connectivity index (χ3v) is 4.66. The molecule has 1 N–H and O–H groups in total. The van der Waals surface area contributed by atoms with Crippen LogP contribution in [0.3, 0.4) is 0 Å². The molecule has 0 aliphatic carbocycles. The van der Waals surface area contributed by atoms with E-state index in [0.717, 1.165) is 0 Å². The summed E-state index contributed by atoms with van der Waals surface area (Å²) in [7, 11) is 1.47. The number of piperidine rings is 1. The number of amides is 1. The van der Waals surface area contributed by atoms with E-state index in [1.807, 2.05) is 0 Å². The quantitative estimate of drug-likeness (QED) is 0.834. The lowest BCUT2D eigenvalue weighted by Crippen LogP contribution is -2.57. The summed E-state index contributed by atoms with van der Waals surface area (Å²) < 4.78 is 10.9. The molecular weight excluding hydrogens is 346 g/mol. The van der Waals surface area contributed by atoms with Crippen molar-refractivity contribution in [2.45, 2.75) is 32.3 Å². The zero-order valence-corrected chi connectivity index (χ0v) is 15.5. The number of ether oxygens (including phenoxy) is 2. The highest BCUT2D eigenvalue weighted by Gasteiger charge is 2.46. The minimum Gasteiger partial charge on any atom is -0.481 e. The molecule has 1 fully saturated rings. The largest absolute Gasteiger partial charge is 0.481 e. The number of carboxylic acids is 1. The molecule has 25 heavy (non-hydrogen) atoms. The van der Waals surface area contributed by atoms with Crippen molar-refractivity contribution in [3.63, 3.8) is 0 Å².